The molecule has 2 aromatic carbocycles. The first-order chi connectivity index (χ1) is 19.0. The first-order valence-corrected chi connectivity index (χ1v) is 14.4. The summed E-state index contributed by atoms with van der Waals surface area (Å²) in [5.41, 5.74) is 4.51. The number of phenols is 1. The van der Waals surface area contributed by atoms with E-state index in [0.717, 1.165) is 31.2 Å². The van der Waals surface area contributed by atoms with Crippen molar-refractivity contribution in [2.24, 2.45) is 5.10 Å². The third kappa shape index (κ3) is 5.64. The molecule has 0 saturated heterocycles. The summed E-state index contributed by atoms with van der Waals surface area (Å²) in [5, 5.41) is 15.3. The zero-order valence-corrected chi connectivity index (χ0v) is 23.2. The molecular weight excluding hydrogens is 536 g/mol. The monoisotopic (exact) mass is 564 g/mol. The van der Waals surface area contributed by atoms with Crippen LogP contribution in [0.2, 0.25) is 0 Å². The summed E-state index contributed by atoms with van der Waals surface area (Å²) in [6.07, 6.45) is 5.36. The lowest BCUT2D eigenvalue weighted by Gasteiger charge is -2.14. The molecule has 2 heterocycles. The fraction of sp³-hybridized carbons (Fsp3) is 0.286. The Labute approximate surface area is 233 Å². The van der Waals surface area contributed by atoms with E-state index in [2.05, 4.69) is 10.5 Å². The van der Waals surface area contributed by atoms with Crippen LogP contribution in [0.3, 0.4) is 0 Å². The van der Waals surface area contributed by atoms with Crippen molar-refractivity contribution in [2.75, 3.05) is 19.5 Å². The number of nitrogens with one attached hydrogen (secondary N) is 1. The second-order valence-electron chi connectivity index (χ2n) is 8.83. The number of hydrogen-bond acceptors (Lipinski definition) is 9. The summed E-state index contributed by atoms with van der Waals surface area (Å²) in [7, 11) is 1.46. The second-order valence-corrected chi connectivity index (χ2v) is 10.9. The molecule has 0 atom stereocenters. The molecule has 0 fully saturated rings. The number of amides is 1. The van der Waals surface area contributed by atoms with Crippen LogP contribution in [0.25, 0.3) is 15.9 Å². The lowest BCUT2D eigenvalue weighted by Crippen LogP contribution is -2.24. The van der Waals surface area contributed by atoms with E-state index in [4.69, 9.17) is 14.5 Å². The van der Waals surface area contributed by atoms with Crippen LogP contribution < -0.4 is 20.5 Å². The van der Waals surface area contributed by atoms with E-state index in [1.165, 1.54) is 30.0 Å². The third-order valence-corrected chi connectivity index (χ3v) is 8.46. The molecule has 202 valence electrons. The Morgan fingerprint density at radius 3 is 2.79 bits per heavy atom. The molecule has 0 unspecified atom stereocenters. The number of phenolic OH excluding ortho intramolecular Hbond substituents is 1. The number of hydrazone groups is 1. The van der Waals surface area contributed by atoms with Gasteiger partial charge >= 0.3 is 0 Å². The van der Waals surface area contributed by atoms with Gasteiger partial charge in [-0.15, -0.1) is 11.3 Å². The first-order valence-electron chi connectivity index (χ1n) is 12.6. The maximum atomic E-state index is 13.9. The zero-order valence-electron chi connectivity index (χ0n) is 21.6. The molecule has 4 aromatic rings. The fourth-order valence-electron chi connectivity index (χ4n) is 4.51. The van der Waals surface area contributed by atoms with Gasteiger partial charge in [0.1, 0.15) is 10.6 Å². The van der Waals surface area contributed by atoms with Crippen LogP contribution in [0.5, 0.6) is 17.2 Å². The maximum absolute atomic E-state index is 13.9. The average Bonchev–Trinajstić information content (AvgIpc) is 3.32. The van der Waals surface area contributed by atoms with Gasteiger partial charge in [0.15, 0.2) is 16.7 Å². The number of ether oxygens (including phenoxy) is 2. The molecule has 5 rings (SSSR count). The van der Waals surface area contributed by atoms with Gasteiger partial charge < -0.3 is 14.6 Å². The Bertz CT molecular complexity index is 1590. The number of fused-ring (bicyclic) bond motifs is 3. The van der Waals surface area contributed by atoms with Crippen molar-refractivity contribution in [3.8, 4) is 22.9 Å². The van der Waals surface area contributed by atoms with Crippen LogP contribution >= 0.6 is 23.1 Å². The zero-order chi connectivity index (χ0) is 27.4. The van der Waals surface area contributed by atoms with Crippen molar-refractivity contribution in [3.05, 3.63) is 68.8 Å². The van der Waals surface area contributed by atoms with Gasteiger partial charge in [0, 0.05) is 10.4 Å². The number of para-hydroxylation sites is 1. The summed E-state index contributed by atoms with van der Waals surface area (Å²) in [5.74, 6) is 0.566. The van der Waals surface area contributed by atoms with Gasteiger partial charge in [0.2, 0.25) is 0 Å². The van der Waals surface area contributed by atoms with Crippen molar-refractivity contribution in [2.45, 2.75) is 37.8 Å². The normalized spacial score (nSPS) is 13.0. The molecule has 0 radical (unpaired) electrons. The molecule has 0 saturated carbocycles. The molecule has 2 aromatic heterocycles. The molecular formula is C28H28N4O5S2. The molecule has 1 amide bonds. The van der Waals surface area contributed by atoms with E-state index in [9.17, 15) is 14.7 Å². The predicted octanol–water partition coefficient (Wildman–Crippen LogP) is 4.68. The van der Waals surface area contributed by atoms with Crippen LogP contribution in [-0.4, -0.2) is 46.2 Å². The van der Waals surface area contributed by atoms with E-state index in [-0.39, 0.29) is 23.0 Å². The Hall–Kier alpha value is -3.83. The maximum Gasteiger partial charge on any atom is 0.267 e. The van der Waals surface area contributed by atoms with Crippen molar-refractivity contribution in [1.82, 2.24) is 15.0 Å². The Morgan fingerprint density at radius 2 is 2.03 bits per heavy atom. The number of carbonyl (C=O) groups is 1. The molecule has 11 heteroatoms. The van der Waals surface area contributed by atoms with E-state index >= 15 is 0 Å². The number of aryl methyl sites for hydroxylation is 2. The van der Waals surface area contributed by atoms with Crippen LogP contribution in [0.1, 0.15) is 35.8 Å². The van der Waals surface area contributed by atoms with E-state index in [0.29, 0.717) is 44.7 Å². The number of nitrogens with zero attached hydrogens (tertiary/aromatic N) is 3. The lowest BCUT2D eigenvalue weighted by molar-refractivity contribution is -0.118. The van der Waals surface area contributed by atoms with Gasteiger partial charge in [-0.05, 0) is 74.6 Å². The molecule has 0 bridgehead atoms. The summed E-state index contributed by atoms with van der Waals surface area (Å²) in [6.45, 7) is 2.46. The quantitative estimate of drug-likeness (QED) is 0.131. The Kier molecular flexibility index (Phi) is 8.18. The fourth-order valence-corrected chi connectivity index (χ4v) is 6.62. The highest BCUT2D eigenvalue weighted by molar-refractivity contribution is 7.99. The Balaban J connectivity index is 1.41. The average molecular weight is 565 g/mol. The van der Waals surface area contributed by atoms with E-state index in [1.54, 1.807) is 34.1 Å². The van der Waals surface area contributed by atoms with Gasteiger partial charge in [-0.3, -0.25) is 14.2 Å². The minimum atomic E-state index is -0.378. The summed E-state index contributed by atoms with van der Waals surface area (Å²) >= 11 is 2.74. The number of methoxy groups -OCH3 is 1. The van der Waals surface area contributed by atoms with Crippen LogP contribution in [0.15, 0.2) is 57.5 Å². The Morgan fingerprint density at radius 1 is 1.23 bits per heavy atom. The van der Waals surface area contributed by atoms with Crippen LogP contribution in [0, 0.1) is 0 Å². The molecule has 39 heavy (non-hydrogen) atoms. The van der Waals surface area contributed by atoms with Crippen molar-refractivity contribution < 1.29 is 19.4 Å². The number of aromatic nitrogens is 2. The molecule has 0 aliphatic heterocycles. The number of carbonyl (C=O) groups excluding carboxylic acids is 1. The van der Waals surface area contributed by atoms with E-state index < -0.39 is 0 Å². The number of rotatable bonds is 9. The van der Waals surface area contributed by atoms with Gasteiger partial charge in [-0.2, -0.15) is 5.10 Å². The van der Waals surface area contributed by atoms with Gasteiger partial charge in [-0.1, -0.05) is 17.8 Å². The topological polar surface area (TPSA) is 115 Å². The minimum Gasteiger partial charge on any atom is -0.504 e. The molecule has 2 N–H and O–H groups in total. The molecule has 1 aliphatic rings. The second kappa shape index (κ2) is 11.9. The molecule has 1 aliphatic carbocycles. The van der Waals surface area contributed by atoms with Crippen molar-refractivity contribution in [3.63, 3.8) is 0 Å². The summed E-state index contributed by atoms with van der Waals surface area (Å²) in [4.78, 5) is 33.3. The predicted molar refractivity (Wildman–Crippen MR) is 154 cm³/mol. The number of benzene rings is 2. The smallest absolute Gasteiger partial charge is 0.267 e. The summed E-state index contributed by atoms with van der Waals surface area (Å²) < 4.78 is 12.2. The highest BCUT2D eigenvalue weighted by atomic mass is 32.2. The van der Waals surface area contributed by atoms with Gasteiger partial charge in [0.25, 0.3) is 11.5 Å². The first kappa shape index (κ1) is 26.8. The highest BCUT2D eigenvalue weighted by Gasteiger charge is 2.23. The van der Waals surface area contributed by atoms with Crippen molar-refractivity contribution >= 4 is 45.4 Å². The largest absolute Gasteiger partial charge is 0.504 e. The van der Waals surface area contributed by atoms with Crippen molar-refractivity contribution in [1.29, 1.82) is 0 Å². The minimum absolute atomic E-state index is 0.0124. The van der Waals surface area contributed by atoms with Crippen LogP contribution in [-0.2, 0) is 17.6 Å². The highest BCUT2D eigenvalue weighted by Crippen LogP contribution is 2.35. The standard InChI is InChI=1S/C28H28N4O5S2/c1-3-37-19-13-11-18(12-14-19)32-27(35)24-20-8-4-5-10-22(20)39-26(24)30-28(32)38-16-23(33)31-29-15-17-7-6-9-21(36-2)25(17)34/h6-7,9,11-15,34H,3-5,8,10,16H2,1-2H3,(H,31,33). The third-order valence-electron chi connectivity index (χ3n) is 6.34. The van der Waals surface area contributed by atoms with E-state index in [1.807, 2.05) is 31.2 Å². The number of thiophene rings is 1. The molecule has 0 spiro atoms. The number of thioether (sulfide) groups is 1. The van der Waals surface area contributed by atoms with Gasteiger partial charge in [-0.25, -0.2) is 10.4 Å². The van der Waals surface area contributed by atoms with Gasteiger partial charge in [0.05, 0.1) is 36.8 Å². The lowest BCUT2D eigenvalue weighted by atomic mass is 9.97. The molecule has 9 nitrogen and oxygen atoms in total. The number of hydrogen-bond donors (Lipinski definition) is 2. The SMILES string of the molecule is CCOc1ccc(-n2c(SCC(=O)NN=Cc3cccc(OC)c3O)nc3sc4c(c3c2=O)CCCC4)cc1. The number of aromatic hydroxyl groups is 1. The van der Waals surface area contributed by atoms with Crippen LogP contribution in [0.4, 0.5) is 0 Å². The summed E-state index contributed by atoms with van der Waals surface area (Å²) in [6, 6.07) is 12.3.